The Hall–Kier alpha value is -1.40. The average Bonchev–Trinajstić information content (AvgIpc) is 3.35. The second-order valence-electron chi connectivity index (χ2n) is 21.7. The maximum atomic E-state index is 12.4. The lowest BCUT2D eigenvalue weighted by molar-refractivity contribution is -0.143. The van der Waals surface area contributed by atoms with Gasteiger partial charge in [0.05, 0.1) is 25.4 Å². The molecule has 0 spiro atoms. The van der Waals surface area contributed by atoms with Crippen molar-refractivity contribution in [2.75, 3.05) is 13.2 Å². The Morgan fingerprint density at radius 2 is 0.696 bits per heavy atom. The predicted octanol–water partition coefficient (Wildman–Crippen LogP) is 19.6. The maximum Gasteiger partial charge on any atom is 0.305 e. The molecule has 0 bridgehead atoms. The lowest BCUT2D eigenvalue weighted by Crippen LogP contribution is -2.45. The van der Waals surface area contributed by atoms with Crippen molar-refractivity contribution in [2.24, 2.45) is 0 Å². The number of aliphatic hydroxyl groups excluding tert-OH is 2. The zero-order chi connectivity index (χ0) is 50.0. The van der Waals surface area contributed by atoms with Crippen LogP contribution in [-0.4, -0.2) is 47.4 Å². The van der Waals surface area contributed by atoms with Crippen LogP contribution < -0.4 is 5.32 Å². The van der Waals surface area contributed by atoms with E-state index in [1.165, 1.54) is 276 Å². The molecule has 0 aliphatic rings. The van der Waals surface area contributed by atoms with Gasteiger partial charge in [0.15, 0.2) is 0 Å². The van der Waals surface area contributed by atoms with Gasteiger partial charge < -0.3 is 20.3 Å². The number of carbonyl (C=O) groups excluding carboxylic acids is 2. The van der Waals surface area contributed by atoms with Crippen LogP contribution in [-0.2, 0) is 14.3 Å². The van der Waals surface area contributed by atoms with Gasteiger partial charge in [0.1, 0.15) is 0 Å². The highest BCUT2D eigenvalue weighted by atomic mass is 16.5. The Balaban J connectivity index is 3.29. The Labute approximate surface area is 431 Å². The largest absolute Gasteiger partial charge is 0.466 e. The Kier molecular flexibility index (Phi) is 58.0. The average molecular weight is 975 g/mol. The summed E-state index contributed by atoms with van der Waals surface area (Å²) in [6, 6.07) is -0.535. The quantitative estimate of drug-likeness (QED) is 0.0321. The lowest BCUT2D eigenvalue weighted by Gasteiger charge is -2.22. The van der Waals surface area contributed by atoms with Gasteiger partial charge in [0, 0.05) is 12.8 Å². The number of allylic oxidation sites excluding steroid dienone is 2. The molecule has 0 radical (unpaired) electrons. The van der Waals surface area contributed by atoms with Crippen molar-refractivity contribution < 1.29 is 24.5 Å². The molecular formula is C63H123NO5. The fraction of sp³-hybridized carbons (Fsp3) is 0.937. The highest BCUT2D eigenvalue weighted by Crippen LogP contribution is 2.18. The summed E-state index contributed by atoms with van der Waals surface area (Å²) >= 11 is 0. The van der Waals surface area contributed by atoms with Gasteiger partial charge >= 0.3 is 5.97 Å². The number of hydrogen-bond donors (Lipinski definition) is 3. The summed E-state index contributed by atoms with van der Waals surface area (Å²) in [5.74, 6) is -0.0210. The van der Waals surface area contributed by atoms with Crippen LogP contribution in [0.2, 0.25) is 0 Å². The van der Waals surface area contributed by atoms with E-state index in [-0.39, 0.29) is 18.5 Å². The molecule has 1 amide bonds. The maximum absolute atomic E-state index is 12.4. The van der Waals surface area contributed by atoms with E-state index in [0.29, 0.717) is 25.9 Å². The van der Waals surface area contributed by atoms with Gasteiger partial charge in [-0.1, -0.05) is 309 Å². The summed E-state index contributed by atoms with van der Waals surface area (Å²) in [6.45, 7) is 4.92. The normalized spacial score (nSPS) is 12.6. The summed E-state index contributed by atoms with van der Waals surface area (Å²) < 4.78 is 5.46. The number of amides is 1. The van der Waals surface area contributed by atoms with Crippen LogP contribution in [0.5, 0.6) is 0 Å². The van der Waals surface area contributed by atoms with E-state index in [0.717, 1.165) is 44.9 Å². The molecule has 410 valence electrons. The molecule has 0 saturated heterocycles. The van der Waals surface area contributed by atoms with Crippen LogP contribution in [0.1, 0.15) is 354 Å². The molecule has 0 fully saturated rings. The molecule has 6 nitrogen and oxygen atoms in total. The smallest absolute Gasteiger partial charge is 0.305 e. The van der Waals surface area contributed by atoms with Gasteiger partial charge in [-0.15, -0.1) is 0 Å². The highest BCUT2D eigenvalue weighted by molar-refractivity contribution is 5.76. The van der Waals surface area contributed by atoms with Crippen LogP contribution >= 0.6 is 0 Å². The first-order chi connectivity index (χ1) is 34.0. The fourth-order valence-corrected chi connectivity index (χ4v) is 9.98. The first-order valence-electron chi connectivity index (χ1n) is 31.4. The van der Waals surface area contributed by atoms with Crippen molar-refractivity contribution in [1.29, 1.82) is 0 Å². The van der Waals surface area contributed by atoms with E-state index >= 15 is 0 Å². The number of aliphatic hydroxyl groups is 2. The van der Waals surface area contributed by atoms with Gasteiger partial charge in [-0.2, -0.15) is 0 Å². The number of nitrogens with one attached hydrogen (secondary N) is 1. The topological polar surface area (TPSA) is 95.9 Å². The van der Waals surface area contributed by atoms with Gasteiger partial charge in [-0.3, -0.25) is 9.59 Å². The Bertz CT molecular complexity index is 1030. The van der Waals surface area contributed by atoms with E-state index in [4.69, 9.17) is 4.74 Å². The van der Waals surface area contributed by atoms with E-state index in [9.17, 15) is 19.8 Å². The third-order valence-electron chi connectivity index (χ3n) is 14.8. The fourth-order valence-electron chi connectivity index (χ4n) is 9.98. The molecule has 2 unspecified atom stereocenters. The van der Waals surface area contributed by atoms with Crippen molar-refractivity contribution in [1.82, 2.24) is 5.32 Å². The molecule has 3 N–H and O–H groups in total. The molecule has 0 heterocycles. The summed E-state index contributed by atoms with van der Waals surface area (Å²) in [7, 11) is 0. The number of esters is 1. The van der Waals surface area contributed by atoms with Crippen molar-refractivity contribution >= 4 is 11.9 Å². The number of hydrogen-bond acceptors (Lipinski definition) is 5. The second kappa shape index (κ2) is 59.2. The van der Waals surface area contributed by atoms with Crippen molar-refractivity contribution in [2.45, 2.75) is 366 Å². The molecule has 6 heteroatoms. The summed E-state index contributed by atoms with van der Waals surface area (Å²) in [5.41, 5.74) is 0. The van der Waals surface area contributed by atoms with E-state index in [2.05, 4.69) is 31.3 Å². The predicted molar refractivity (Wildman–Crippen MR) is 301 cm³/mol. The lowest BCUT2D eigenvalue weighted by atomic mass is 10.0. The Morgan fingerprint density at radius 3 is 1.07 bits per heavy atom. The molecule has 69 heavy (non-hydrogen) atoms. The molecule has 0 aromatic heterocycles. The third-order valence-corrected chi connectivity index (χ3v) is 14.8. The molecule has 0 aliphatic carbocycles. The van der Waals surface area contributed by atoms with Crippen LogP contribution in [0.4, 0.5) is 0 Å². The van der Waals surface area contributed by atoms with E-state index < -0.39 is 12.1 Å². The number of carbonyl (C=O) groups is 2. The van der Waals surface area contributed by atoms with Crippen LogP contribution in [0.25, 0.3) is 0 Å². The monoisotopic (exact) mass is 974 g/mol. The van der Waals surface area contributed by atoms with Crippen molar-refractivity contribution in [3.63, 3.8) is 0 Å². The molecule has 0 saturated carbocycles. The summed E-state index contributed by atoms with van der Waals surface area (Å²) in [5, 5.41) is 23.2. The minimum Gasteiger partial charge on any atom is -0.466 e. The molecule has 0 aromatic rings. The number of ether oxygens (including phenoxy) is 1. The molecule has 0 aromatic carbocycles. The summed E-state index contributed by atoms with van der Waals surface area (Å²) in [6.07, 6.45) is 71.1. The zero-order valence-electron chi connectivity index (χ0n) is 46.8. The SMILES string of the molecule is CCCC/C=C\CCCCCCCC(=O)OCCCCCCCCCCCCCCCCCCCCCCCCCCCCCCCCCC(=O)NC(CO)C(O)CCCCCCCCCCCC. The molecule has 2 atom stereocenters. The van der Waals surface area contributed by atoms with Crippen LogP contribution in [0.3, 0.4) is 0 Å². The molecular weight excluding hydrogens is 851 g/mol. The van der Waals surface area contributed by atoms with Gasteiger partial charge in [-0.05, 0) is 44.9 Å². The Morgan fingerprint density at radius 1 is 0.391 bits per heavy atom. The van der Waals surface area contributed by atoms with Crippen molar-refractivity contribution in [3.8, 4) is 0 Å². The second-order valence-corrected chi connectivity index (χ2v) is 21.7. The minimum absolute atomic E-state index is 0.00983. The van der Waals surface area contributed by atoms with Gasteiger partial charge in [0.2, 0.25) is 5.91 Å². The minimum atomic E-state index is -0.658. The number of rotatable bonds is 59. The molecule has 0 aliphatic heterocycles. The number of unbranched alkanes of at least 4 members (excludes halogenated alkanes) is 46. The summed E-state index contributed by atoms with van der Waals surface area (Å²) in [4.78, 5) is 24.4. The van der Waals surface area contributed by atoms with E-state index in [1.54, 1.807) is 0 Å². The van der Waals surface area contributed by atoms with Crippen LogP contribution in [0, 0.1) is 0 Å². The highest BCUT2D eigenvalue weighted by Gasteiger charge is 2.20. The third kappa shape index (κ3) is 55.8. The van der Waals surface area contributed by atoms with Gasteiger partial charge in [0.25, 0.3) is 0 Å². The first kappa shape index (κ1) is 67.6. The van der Waals surface area contributed by atoms with Crippen LogP contribution in [0.15, 0.2) is 12.2 Å². The van der Waals surface area contributed by atoms with Crippen molar-refractivity contribution in [3.05, 3.63) is 12.2 Å². The van der Waals surface area contributed by atoms with Gasteiger partial charge in [-0.25, -0.2) is 0 Å². The standard InChI is InChI=1S/C63H123NO5/c1-3-5-7-9-11-13-36-41-45-49-53-57-63(68)69-58-54-50-46-42-38-35-33-31-29-27-25-23-21-19-17-15-16-18-20-22-24-26-28-30-32-34-37-40-44-48-52-56-62(67)64-60(59-65)61(66)55-51-47-43-39-14-12-10-8-6-4-2/h9,11,60-61,65-66H,3-8,10,12-59H2,1-2H3,(H,64,67)/b11-9-. The van der Waals surface area contributed by atoms with E-state index in [1.807, 2.05) is 0 Å². The molecule has 0 rings (SSSR count). The first-order valence-corrected chi connectivity index (χ1v) is 31.4. The zero-order valence-corrected chi connectivity index (χ0v) is 46.8.